The predicted octanol–water partition coefficient (Wildman–Crippen LogP) is 2.69. The average Bonchev–Trinajstić information content (AvgIpc) is 3.30. The Morgan fingerprint density at radius 3 is 2.69 bits per heavy atom. The Morgan fingerprint density at radius 2 is 2.03 bits per heavy atom. The SMILES string of the molecule is CC(C)CN1C(=O)C(C2=NS(=O)(=O)c3cc(NS(C)(=O)=O)ccc3N2)=C(O)[C@@H]2[C@H]3CC[C@H](C3)[C@@]21C. The number of carbonyl (C=O) groups excluding carboxylic acids is 1. The fourth-order valence-corrected chi connectivity index (χ4v) is 8.20. The number of carbonyl (C=O) groups is 1. The topological polar surface area (TPSA) is 145 Å². The molecule has 2 bridgehead atoms. The number of fused-ring (bicyclic) bond motifs is 6. The molecule has 35 heavy (non-hydrogen) atoms. The highest BCUT2D eigenvalue weighted by molar-refractivity contribution is 7.92. The van der Waals surface area contributed by atoms with Gasteiger partial charge in [-0.1, -0.05) is 13.8 Å². The third-order valence-corrected chi connectivity index (χ3v) is 9.73. The van der Waals surface area contributed by atoms with E-state index in [-0.39, 0.29) is 57.1 Å². The van der Waals surface area contributed by atoms with Crippen molar-refractivity contribution in [3.63, 3.8) is 0 Å². The normalized spacial score (nSPS) is 31.2. The number of rotatable bonds is 5. The zero-order chi connectivity index (χ0) is 25.5. The fraction of sp³-hybridized carbons (Fsp3) is 0.565. The smallest absolute Gasteiger partial charge is 0.286 e. The molecule has 0 spiro atoms. The maximum atomic E-state index is 13.8. The number of amidine groups is 1. The van der Waals surface area contributed by atoms with E-state index in [2.05, 4.69) is 14.4 Å². The van der Waals surface area contributed by atoms with Gasteiger partial charge in [0, 0.05) is 18.2 Å². The van der Waals surface area contributed by atoms with Gasteiger partial charge in [-0.2, -0.15) is 8.42 Å². The highest BCUT2D eigenvalue weighted by Gasteiger charge is 2.64. The Balaban J connectivity index is 1.60. The van der Waals surface area contributed by atoms with Gasteiger partial charge in [-0.05, 0) is 62.1 Å². The van der Waals surface area contributed by atoms with Gasteiger partial charge in [-0.3, -0.25) is 9.52 Å². The Hall–Kier alpha value is -2.60. The van der Waals surface area contributed by atoms with E-state index in [0.29, 0.717) is 6.54 Å². The Morgan fingerprint density at radius 1 is 1.31 bits per heavy atom. The van der Waals surface area contributed by atoms with Gasteiger partial charge in [-0.25, -0.2) is 8.42 Å². The third kappa shape index (κ3) is 3.72. The van der Waals surface area contributed by atoms with Crippen LogP contribution >= 0.6 is 0 Å². The van der Waals surface area contributed by atoms with E-state index in [1.54, 1.807) is 0 Å². The highest BCUT2D eigenvalue weighted by atomic mass is 32.2. The third-order valence-electron chi connectivity index (χ3n) is 7.80. The summed E-state index contributed by atoms with van der Waals surface area (Å²) in [4.78, 5) is 15.5. The molecule has 4 aliphatic rings. The number of aliphatic hydroxyl groups is 1. The van der Waals surface area contributed by atoms with Gasteiger partial charge in [0.1, 0.15) is 16.2 Å². The van der Waals surface area contributed by atoms with Crippen molar-refractivity contribution in [2.75, 3.05) is 22.8 Å². The number of anilines is 2. The van der Waals surface area contributed by atoms with Gasteiger partial charge >= 0.3 is 0 Å². The molecule has 0 aromatic heterocycles. The fourth-order valence-electron chi connectivity index (χ4n) is 6.50. The van der Waals surface area contributed by atoms with Crippen molar-refractivity contribution in [2.24, 2.45) is 28.1 Å². The molecule has 5 rings (SSSR count). The standard InChI is InChI=1S/C23H30N4O6S2/c1-12(2)11-27-22(29)18(20(28)19-13-5-6-14(9-13)23(19,27)3)21-24-16-8-7-15(25-34(4,30)31)10-17(16)35(32,33)26-21/h7-8,10,12-14,19,25,28H,5-6,9,11H2,1-4H3,(H,24,26)/t13-,14+,19-,23-/m0/s1. The van der Waals surface area contributed by atoms with Crippen LogP contribution in [0.15, 0.2) is 38.8 Å². The molecule has 2 aliphatic carbocycles. The molecule has 2 aliphatic heterocycles. The average molecular weight is 523 g/mol. The first-order valence-corrected chi connectivity index (χ1v) is 15.0. The molecular formula is C23H30N4O6S2. The minimum Gasteiger partial charge on any atom is -0.511 e. The maximum absolute atomic E-state index is 13.8. The lowest BCUT2D eigenvalue weighted by Crippen LogP contribution is -2.63. The first kappa shape index (κ1) is 24.1. The molecule has 1 aromatic rings. The van der Waals surface area contributed by atoms with E-state index < -0.39 is 31.5 Å². The number of amides is 1. The van der Waals surface area contributed by atoms with Crippen LogP contribution in [-0.4, -0.2) is 56.9 Å². The van der Waals surface area contributed by atoms with Gasteiger partial charge in [-0.15, -0.1) is 4.40 Å². The Kier molecular flexibility index (Phi) is 5.30. The summed E-state index contributed by atoms with van der Waals surface area (Å²) >= 11 is 0. The summed E-state index contributed by atoms with van der Waals surface area (Å²) in [5, 5.41) is 14.3. The van der Waals surface area contributed by atoms with Crippen LogP contribution in [-0.2, 0) is 24.8 Å². The summed E-state index contributed by atoms with van der Waals surface area (Å²) in [5.41, 5.74) is -0.394. The van der Waals surface area contributed by atoms with Crippen molar-refractivity contribution in [1.29, 1.82) is 0 Å². The van der Waals surface area contributed by atoms with E-state index in [0.717, 1.165) is 25.5 Å². The molecule has 1 amide bonds. The van der Waals surface area contributed by atoms with E-state index in [4.69, 9.17) is 0 Å². The van der Waals surface area contributed by atoms with Gasteiger partial charge in [0.15, 0.2) is 5.84 Å². The lowest BCUT2D eigenvalue weighted by atomic mass is 9.68. The molecule has 4 atom stereocenters. The minimum absolute atomic E-state index is 0.0759. The van der Waals surface area contributed by atoms with E-state index in [9.17, 15) is 26.7 Å². The predicted molar refractivity (Wildman–Crippen MR) is 132 cm³/mol. The van der Waals surface area contributed by atoms with Crippen LogP contribution in [0.25, 0.3) is 0 Å². The molecule has 3 N–H and O–H groups in total. The number of hydrogen-bond acceptors (Lipinski definition) is 7. The molecule has 12 heteroatoms. The van der Waals surface area contributed by atoms with Crippen molar-refractivity contribution in [1.82, 2.24) is 4.90 Å². The molecule has 1 aromatic carbocycles. The van der Waals surface area contributed by atoms with Crippen LogP contribution in [0, 0.1) is 23.7 Å². The van der Waals surface area contributed by atoms with Gasteiger partial charge in [0.05, 0.1) is 17.5 Å². The highest BCUT2D eigenvalue weighted by Crippen LogP contribution is 2.61. The number of nitrogens with zero attached hydrogens (tertiary/aromatic N) is 2. The van der Waals surface area contributed by atoms with Crippen LogP contribution in [0.1, 0.15) is 40.0 Å². The maximum Gasteiger partial charge on any atom is 0.286 e. The minimum atomic E-state index is -4.28. The summed E-state index contributed by atoms with van der Waals surface area (Å²) in [5.74, 6) is -0.308. The number of sulfonamides is 2. The van der Waals surface area contributed by atoms with E-state index >= 15 is 0 Å². The number of nitrogens with one attached hydrogen (secondary N) is 2. The molecule has 0 radical (unpaired) electrons. The second-order valence-electron chi connectivity index (χ2n) is 10.7. The molecule has 2 heterocycles. The Labute approximate surface area is 205 Å². The van der Waals surface area contributed by atoms with Crippen molar-refractivity contribution in [3.8, 4) is 0 Å². The van der Waals surface area contributed by atoms with Gasteiger partial charge < -0.3 is 15.3 Å². The lowest BCUT2D eigenvalue weighted by molar-refractivity contribution is -0.141. The van der Waals surface area contributed by atoms with Gasteiger partial charge in [0.2, 0.25) is 10.0 Å². The summed E-state index contributed by atoms with van der Waals surface area (Å²) in [7, 11) is -7.89. The number of hydrogen-bond donors (Lipinski definition) is 3. The van der Waals surface area contributed by atoms with Crippen LogP contribution in [0.3, 0.4) is 0 Å². The second kappa shape index (κ2) is 7.70. The molecular weight excluding hydrogens is 492 g/mol. The zero-order valence-corrected chi connectivity index (χ0v) is 21.7. The van der Waals surface area contributed by atoms with Gasteiger partial charge in [0.25, 0.3) is 15.9 Å². The molecule has 0 saturated heterocycles. The summed E-state index contributed by atoms with van der Waals surface area (Å²) < 4.78 is 55.4. The van der Waals surface area contributed by atoms with Crippen molar-refractivity contribution >= 4 is 43.2 Å². The summed E-state index contributed by atoms with van der Waals surface area (Å²) in [6.45, 7) is 6.59. The lowest BCUT2D eigenvalue weighted by Gasteiger charge is -2.52. The monoisotopic (exact) mass is 522 g/mol. The van der Waals surface area contributed by atoms with Crippen molar-refractivity contribution in [3.05, 3.63) is 29.5 Å². The first-order chi connectivity index (χ1) is 16.2. The molecule has 190 valence electrons. The zero-order valence-electron chi connectivity index (χ0n) is 20.1. The van der Waals surface area contributed by atoms with Crippen molar-refractivity contribution in [2.45, 2.75) is 50.5 Å². The largest absolute Gasteiger partial charge is 0.511 e. The quantitative estimate of drug-likeness (QED) is 0.539. The second-order valence-corrected chi connectivity index (χ2v) is 14.0. The van der Waals surface area contributed by atoms with E-state index in [1.165, 1.54) is 18.2 Å². The molecule has 2 saturated carbocycles. The molecule has 10 nitrogen and oxygen atoms in total. The van der Waals surface area contributed by atoms with Crippen LogP contribution in [0.5, 0.6) is 0 Å². The van der Waals surface area contributed by atoms with Crippen LogP contribution in [0.4, 0.5) is 11.4 Å². The summed E-state index contributed by atoms with van der Waals surface area (Å²) in [6, 6.07) is 4.00. The van der Waals surface area contributed by atoms with Crippen LogP contribution in [0.2, 0.25) is 0 Å². The van der Waals surface area contributed by atoms with Crippen LogP contribution < -0.4 is 10.0 Å². The molecule has 2 fully saturated rings. The molecule has 0 unspecified atom stereocenters. The first-order valence-electron chi connectivity index (χ1n) is 11.7. The summed E-state index contributed by atoms with van der Waals surface area (Å²) in [6.07, 6.45) is 3.86. The van der Waals surface area contributed by atoms with E-state index in [1.807, 2.05) is 25.7 Å². The Bertz CT molecular complexity index is 1400. The number of benzene rings is 1. The van der Waals surface area contributed by atoms with Crippen molar-refractivity contribution < 1.29 is 26.7 Å². The number of aliphatic hydroxyl groups excluding tert-OH is 1.